The number of carbonyl (C=O) groups excluding carboxylic acids is 3. The predicted molar refractivity (Wildman–Crippen MR) is 108 cm³/mol. The fourth-order valence-corrected chi connectivity index (χ4v) is 5.54. The maximum absolute atomic E-state index is 12.9. The van der Waals surface area contributed by atoms with Crippen LogP contribution in [0, 0.1) is 0 Å². The highest BCUT2D eigenvalue weighted by atomic mass is 16.2. The van der Waals surface area contributed by atoms with Crippen molar-refractivity contribution in [2.75, 3.05) is 18.0 Å². The summed E-state index contributed by atoms with van der Waals surface area (Å²) in [4.78, 5) is 43.2. The van der Waals surface area contributed by atoms with Crippen LogP contribution in [0.25, 0.3) is 0 Å². The highest BCUT2D eigenvalue weighted by molar-refractivity contribution is 6.05. The normalized spacial score (nSPS) is 29.6. The van der Waals surface area contributed by atoms with Crippen LogP contribution >= 0.6 is 0 Å². The molecule has 4 aliphatic rings. The first-order valence-corrected chi connectivity index (χ1v) is 10.5. The molecule has 1 aromatic carbocycles. The Morgan fingerprint density at radius 2 is 1.83 bits per heavy atom. The van der Waals surface area contributed by atoms with Crippen molar-refractivity contribution in [3.8, 4) is 0 Å². The summed E-state index contributed by atoms with van der Waals surface area (Å²) in [6, 6.07) is 6.62. The molecule has 3 fully saturated rings. The Labute approximate surface area is 171 Å². The van der Waals surface area contributed by atoms with Crippen molar-refractivity contribution in [1.29, 1.82) is 0 Å². The Bertz CT molecular complexity index is 906. The molecule has 7 nitrogen and oxygen atoms in total. The van der Waals surface area contributed by atoms with E-state index in [4.69, 9.17) is 0 Å². The van der Waals surface area contributed by atoms with Crippen LogP contribution in [-0.4, -0.2) is 64.3 Å². The van der Waals surface area contributed by atoms with Gasteiger partial charge in [-0.3, -0.25) is 24.6 Å². The number of nitrogens with zero attached hydrogens (tertiary/aromatic N) is 3. The van der Waals surface area contributed by atoms with Crippen molar-refractivity contribution < 1.29 is 14.4 Å². The smallest absolute Gasteiger partial charge is 0.255 e. The van der Waals surface area contributed by atoms with Crippen LogP contribution in [0.2, 0.25) is 0 Å². The summed E-state index contributed by atoms with van der Waals surface area (Å²) in [6.45, 7) is 9.37. The zero-order valence-corrected chi connectivity index (χ0v) is 17.3. The first-order chi connectivity index (χ1) is 13.7. The molecule has 2 bridgehead atoms. The number of fused-ring (bicyclic) bond motifs is 3. The van der Waals surface area contributed by atoms with Crippen LogP contribution in [0.3, 0.4) is 0 Å². The lowest BCUT2D eigenvalue weighted by atomic mass is 10.0. The van der Waals surface area contributed by atoms with Gasteiger partial charge in [-0.1, -0.05) is 0 Å². The molecule has 3 amide bonds. The molecule has 0 spiro atoms. The predicted octanol–water partition coefficient (Wildman–Crippen LogP) is 1.51. The molecular weight excluding hydrogens is 368 g/mol. The van der Waals surface area contributed by atoms with Gasteiger partial charge in [0.1, 0.15) is 6.04 Å². The number of piperidine rings is 1. The highest BCUT2D eigenvalue weighted by Gasteiger charge is 2.47. The number of rotatable bonds is 2. The van der Waals surface area contributed by atoms with Crippen LogP contribution in [0.15, 0.2) is 18.2 Å². The third kappa shape index (κ3) is 2.94. The van der Waals surface area contributed by atoms with Gasteiger partial charge in [-0.25, -0.2) is 0 Å². The summed E-state index contributed by atoms with van der Waals surface area (Å²) >= 11 is 0. The van der Waals surface area contributed by atoms with Gasteiger partial charge in [0.25, 0.3) is 5.91 Å². The third-order valence-corrected chi connectivity index (χ3v) is 6.94. The summed E-state index contributed by atoms with van der Waals surface area (Å²) in [6.07, 6.45) is 1.87. The Hall–Kier alpha value is -2.41. The van der Waals surface area contributed by atoms with Crippen LogP contribution in [0.1, 0.15) is 56.0 Å². The highest BCUT2D eigenvalue weighted by Crippen LogP contribution is 2.39. The van der Waals surface area contributed by atoms with Crippen LogP contribution < -0.4 is 10.2 Å². The first kappa shape index (κ1) is 18.6. The van der Waals surface area contributed by atoms with Crippen molar-refractivity contribution in [2.45, 2.75) is 70.2 Å². The first-order valence-electron chi connectivity index (χ1n) is 10.5. The van der Waals surface area contributed by atoms with E-state index in [-0.39, 0.29) is 29.7 Å². The fraction of sp³-hybridized carbons (Fsp3) is 0.591. The van der Waals surface area contributed by atoms with Crippen molar-refractivity contribution in [1.82, 2.24) is 15.1 Å². The number of likely N-dealkylation sites (tertiary alicyclic amines) is 1. The van der Waals surface area contributed by atoms with E-state index in [1.165, 1.54) is 12.1 Å². The minimum absolute atomic E-state index is 0.108. The van der Waals surface area contributed by atoms with Crippen molar-refractivity contribution in [2.24, 2.45) is 0 Å². The Kier molecular flexibility index (Phi) is 4.04. The van der Waals surface area contributed by atoms with Gasteiger partial charge in [0, 0.05) is 54.9 Å². The summed E-state index contributed by atoms with van der Waals surface area (Å²) in [7, 11) is 0. The minimum atomic E-state index is -0.556. The number of anilines is 1. The van der Waals surface area contributed by atoms with Crippen molar-refractivity contribution in [3.63, 3.8) is 0 Å². The molecule has 3 atom stereocenters. The maximum Gasteiger partial charge on any atom is 0.255 e. The average Bonchev–Trinajstić information content (AvgIpc) is 3.34. The van der Waals surface area contributed by atoms with Gasteiger partial charge in [-0.05, 0) is 57.4 Å². The monoisotopic (exact) mass is 396 g/mol. The van der Waals surface area contributed by atoms with Gasteiger partial charge in [-0.15, -0.1) is 0 Å². The van der Waals surface area contributed by atoms with E-state index in [0.717, 1.165) is 18.7 Å². The second-order valence-corrected chi connectivity index (χ2v) is 9.76. The minimum Gasteiger partial charge on any atom is -0.366 e. The molecule has 1 aromatic rings. The standard InChI is InChI=1S/C22H28N4O3/c1-22(2,3)26-12-15-9-16(26)11-24(15)14-4-5-17-13(8-14)10-25(21(17)29)18-6-7-19(27)23-20(18)28/h4-5,8,15-16,18H,6-7,9-12H2,1-3H3,(H,23,27,28)/t15-,16-,18+/m1/s1. The van der Waals surface area contributed by atoms with Gasteiger partial charge in [0.2, 0.25) is 11.8 Å². The Morgan fingerprint density at radius 1 is 1.03 bits per heavy atom. The molecule has 4 heterocycles. The molecular formula is C22H28N4O3. The lowest BCUT2D eigenvalue weighted by Crippen LogP contribution is -2.53. The summed E-state index contributed by atoms with van der Waals surface area (Å²) < 4.78 is 0. The maximum atomic E-state index is 12.9. The van der Waals surface area contributed by atoms with Gasteiger partial charge >= 0.3 is 0 Å². The van der Waals surface area contributed by atoms with E-state index in [1.54, 1.807) is 4.90 Å². The average molecular weight is 396 g/mol. The fourth-order valence-electron chi connectivity index (χ4n) is 5.54. The quantitative estimate of drug-likeness (QED) is 0.768. The van der Waals surface area contributed by atoms with Crippen molar-refractivity contribution in [3.05, 3.63) is 29.3 Å². The van der Waals surface area contributed by atoms with Crippen LogP contribution in [0.4, 0.5) is 5.69 Å². The number of benzene rings is 1. The topological polar surface area (TPSA) is 73.0 Å². The molecule has 154 valence electrons. The molecule has 3 saturated heterocycles. The SMILES string of the molecule is CC(C)(C)N1C[C@H]2C[C@@H]1CN2c1ccc2c(c1)CN([C@H]1CCC(=O)NC1=O)C2=O. The molecule has 0 radical (unpaired) electrons. The molecule has 1 N–H and O–H groups in total. The lowest BCUT2D eigenvalue weighted by molar-refractivity contribution is -0.136. The Balaban J connectivity index is 1.34. The zero-order valence-electron chi connectivity index (χ0n) is 17.3. The van der Waals surface area contributed by atoms with E-state index in [1.807, 2.05) is 12.1 Å². The number of carbonyl (C=O) groups is 3. The number of piperazine rings is 1. The molecule has 0 unspecified atom stereocenters. The zero-order chi connectivity index (χ0) is 20.5. The molecule has 0 aromatic heterocycles. The molecule has 29 heavy (non-hydrogen) atoms. The van der Waals surface area contributed by atoms with E-state index < -0.39 is 6.04 Å². The third-order valence-electron chi connectivity index (χ3n) is 6.94. The van der Waals surface area contributed by atoms with E-state index in [9.17, 15) is 14.4 Å². The second kappa shape index (κ2) is 6.29. The molecule has 0 aliphatic carbocycles. The van der Waals surface area contributed by atoms with Gasteiger partial charge in [-0.2, -0.15) is 0 Å². The summed E-state index contributed by atoms with van der Waals surface area (Å²) in [5.41, 5.74) is 3.02. The van der Waals surface area contributed by atoms with Gasteiger partial charge < -0.3 is 9.80 Å². The van der Waals surface area contributed by atoms with E-state index in [2.05, 4.69) is 42.0 Å². The van der Waals surface area contributed by atoms with Crippen LogP contribution in [-0.2, 0) is 16.1 Å². The van der Waals surface area contributed by atoms with Crippen LogP contribution in [0.5, 0.6) is 0 Å². The second-order valence-electron chi connectivity index (χ2n) is 9.76. The molecule has 0 saturated carbocycles. The molecule has 5 rings (SSSR count). The molecule has 7 heteroatoms. The number of hydrogen-bond donors (Lipinski definition) is 1. The van der Waals surface area contributed by atoms with E-state index >= 15 is 0 Å². The van der Waals surface area contributed by atoms with Crippen molar-refractivity contribution >= 4 is 23.4 Å². The van der Waals surface area contributed by atoms with Gasteiger partial charge in [0.15, 0.2) is 0 Å². The number of amides is 3. The Morgan fingerprint density at radius 3 is 2.48 bits per heavy atom. The number of hydrogen-bond acceptors (Lipinski definition) is 5. The largest absolute Gasteiger partial charge is 0.366 e. The summed E-state index contributed by atoms with van der Waals surface area (Å²) in [5.74, 6) is -0.726. The number of imide groups is 1. The van der Waals surface area contributed by atoms with E-state index in [0.29, 0.717) is 30.6 Å². The lowest BCUT2D eigenvalue weighted by Gasteiger charge is -2.42. The van der Waals surface area contributed by atoms with Gasteiger partial charge in [0.05, 0.1) is 0 Å². The number of nitrogens with one attached hydrogen (secondary N) is 1. The molecule has 4 aliphatic heterocycles. The summed E-state index contributed by atoms with van der Waals surface area (Å²) in [5, 5.41) is 2.36.